The summed E-state index contributed by atoms with van der Waals surface area (Å²) in [6, 6.07) is 15.0. The molecular weight excluding hydrogens is 382 g/mol. The molecule has 158 valence electrons. The Balaban J connectivity index is 1.30. The second-order valence-corrected chi connectivity index (χ2v) is 7.81. The number of nitrogens with one attached hydrogen (secondary N) is 2. The molecule has 0 radical (unpaired) electrons. The molecule has 2 saturated heterocycles. The van der Waals surface area contributed by atoms with Crippen LogP contribution in [0, 0.1) is 10.1 Å². The van der Waals surface area contributed by atoms with Crippen molar-refractivity contribution >= 4 is 17.3 Å². The van der Waals surface area contributed by atoms with Crippen molar-refractivity contribution in [3.05, 3.63) is 69.8 Å². The summed E-state index contributed by atoms with van der Waals surface area (Å²) >= 11 is 0. The van der Waals surface area contributed by atoms with Gasteiger partial charge in [-0.1, -0.05) is 31.2 Å². The van der Waals surface area contributed by atoms with Crippen molar-refractivity contribution in [1.29, 1.82) is 0 Å². The van der Waals surface area contributed by atoms with Crippen molar-refractivity contribution in [1.82, 2.24) is 15.8 Å². The Hall–Kier alpha value is -2.97. The van der Waals surface area contributed by atoms with E-state index in [1.54, 1.807) is 12.1 Å². The van der Waals surface area contributed by atoms with Gasteiger partial charge >= 0.3 is 0 Å². The van der Waals surface area contributed by atoms with Gasteiger partial charge in [-0.15, -0.1) is 0 Å². The van der Waals surface area contributed by atoms with Crippen LogP contribution in [0.4, 0.5) is 11.4 Å². The maximum absolute atomic E-state index is 13.0. The molecule has 30 heavy (non-hydrogen) atoms. The highest BCUT2D eigenvalue weighted by molar-refractivity contribution is 5.82. The fourth-order valence-corrected chi connectivity index (χ4v) is 4.11. The van der Waals surface area contributed by atoms with E-state index in [0.29, 0.717) is 26.2 Å². The maximum Gasteiger partial charge on any atom is 0.269 e. The molecule has 1 amide bonds. The lowest BCUT2D eigenvalue weighted by Gasteiger charge is -2.37. The number of benzene rings is 2. The normalized spacial score (nSPS) is 21.6. The van der Waals surface area contributed by atoms with Gasteiger partial charge in [0.25, 0.3) is 5.69 Å². The Labute approximate surface area is 176 Å². The number of carbonyl (C=O) groups excluding carboxylic acids is 1. The maximum atomic E-state index is 13.0. The quantitative estimate of drug-likeness (QED) is 0.582. The van der Waals surface area contributed by atoms with E-state index in [1.165, 1.54) is 23.3 Å². The van der Waals surface area contributed by atoms with E-state index < -0.39 is 4.92 Å². The zero-order valence-corrected chi connectivity index (χ0v) is 17.1. The third kappa shape index (κ3) is 4.29. The second-order valence-electron chi connectivity index (χ2n) is 7.81. The van der Waals surface area contributed by atoms with Crippen LogP contribution < -0.4 is 15.8 Å². The van der Waals surface area contributed by atoms with Crippen molar-refractivity contribution in [3.63, 3.8) is 0 Å². The molecule has 0 aliphatic carbocycles. The van der Waals surface area contributed by atoms with Gasteiger partial charge in [-0.2, -0.15) is 0 Å². The highest BCUT2D eigenvalue weighted by Crippen LogP contribution is 2.25. The smallest absolute Gasteiger partial charge is 0.269 e. The van der Waals surface area contributed by atoms with E-state index in [2.05, 4.69) is 46.9 Å². The number of anilines is 1. The average Bonchev–Trinajstić information content (AvgIpc) is 3.29. The highest BCUT2D eigenvalue weighted by Gasteiger charge is 2.34. The molecule has 0 aromatic heterocycles. The lowest BCUT2D eigenvalue weighted by Crippen LogP contribution is -2.53. The molecule has 2 aliphatic rings. The number of nitro benzene ring substituents is 1. The van der Waals surface area contributed by atoms with Gasteiger partial charge in [0.15, 0.2) is 0 Å². The number of nitrogens with zero attached hydrogens (tertiary/aromatic N) is 3. The molecule has 2 N–H and O–H groups in total. The van der Waals surface area contributed by atoms with Gasteiger partial charge in [0.05, 0.1) is 4.92 Å². The average molecular weight is 409 g/mol. The summed E-state index contributed by atoms with van der Waals surface area (Å²) in [7, 11) is 0. The summed E-state index contributed by atoms with van der Waals surface area (Å²) in [5.41, 5.74) is 9.98. The van der Waals surface area contributed by atoms with E-state index in [0.717, 1.165) is 18.5 Å². The number of amides is 1. The van der Waals surface area contributed by atoms with Crippen LogP contribution in [-0.2, 0) is 11.2 Å². The van der Waals surface area contributed by atoms with Crippen molar-refractivity contribution in [3.8, 4) is 0 Å². The minimum absolute atomic E-state index is 0.0891. The van der Waals surface area contributed by atoms with Gasteiger partial charge in [0.2, 0.25) is 5.91 Å². The fourth-order valence-electron chi connectivity index (χ4n) is 4.11. The molecule has 4 rings (SSSR count). The SMILES string of the molecule is CCc1ccc(C2CC(C(=O)N3CCN(c4ccc([N+](=O)[O-])cc4)CC3)NN2)cc1. The Bertz CT molecular complexity index is 892. The van der Waals surface area contributed by atoms with Gasteiger partial charge < -0.3 is 9.80 Å². The fraction of sp³-hybridized carbons (Fsp3) is 0.409. The molecule has 2 aliphatic heterocycles. The number of hydrazine groups is 1. The number of hydrogen-bond acceptors (Lipinski definition) is 6. The molecule has 2 aromatic carbocycles. The van der Waals surface area contributed by atoms with Gasteiger partial charge in [-0.05, 0) is 36.1 Å². The minimum atomic E-state index is -0.394. The molecule has 2 fully saturated rings. The first kappa shape index (κ1) is 20.3. The van der Waals surface area contributed by atoms with E-state index in [4.69, 9.17) is 0 Å². The van der Waals surface area contributed by atoms with Crippen molar-refractivity contribution in [2.45, 2.75) is 31.8 Å². The van der Waals surface area contributed by atoms with Crippen LogP contribution in [0.1, 0.15) is 30.5 Å². The van der Waals surface area contributed by atoms with E-state index >= 15 is 0 Å². The largest absolute Gasteiger partial charge is 0.368 e. The number of piperazine rings is 1. The predicted molar refractivity (Wildman–Crippen MR) is 115 cm³/mol. The molecular formula is C22H27N5O3. The zero-order chi connectivity index (χ0) is 21.1. The van der Waals surface area contributed by atoms with Crippen LogP contribution in [0.5, 0.6) is 0 Å². The number of carbonyl (C=O) groups is 1. The third-order valence-corrected chi connectivity index (χ3v) is 6.01. The molecule has 0 bridgehead atoms. The van der Waals surface area contributed by atoms with Crippen LogP contribution in [0.15, 0.2) is 48.5 Å². The summed E-state index contributed by atoms with van der Waals surface area (Å²) in [6.07, 6.45) is 1.75. The molecule has 8 heteroatoms. The first-order chi connectivity index (χ1) is 14.5. The number of hydrogen-bond donors (Lipinski definition) is 2. The second kappa shape index (κ2) is 8.81. The zero-order valence-electron chi connectivity index (χ0n) is 17.1. The van der Waals surface area contributed by atoms with Gasteiger partial charge in [0, 0.05) is 50.0 Å². The summed E-state index contributed by atoms with van der Waals surface area (Å²) in [5.74, 6) is 0.124. The van der Waals surface area contributed by atoms with Crippen molar-refractivity contribution in [2.75, 3.05) is 31.1 Å². The molecule has 0 spiro atoms. The highest BCUT2D eigenvalue weighted by atomic mass is 16.6. The summed E-state index contributed by atoms with van der Waals surface area (Å²) in [4.78, 5) is 27.5. The topological polar surface area (TPSA) is 90.8 Å². The molecule has 2 atom stereocenters. The number of nitro groups is 1. The molecule has 2 aromatic rings. The standard InChI is InChI=1S/C22H27N5O3/c1-2-16-3-5-17(6-4-16)20-15-21(24-23-20)22(28)26-13-11-25(12-14-26)18-7-9-19(10-8-18)27(29)30/h3-10,20-21,23-24H,2,11-15H2,1H3. The molecule has 0 saturated carbocycles. The van der Waals surface area contributed by atoms with E-state index in [9.17, 15) is 14.9 Å². The Morgan fingerprint density at radius 3 is 2.30 bits per heavy atom. The Kier molecular flexibility index (Phi) is 5.96. The van der Waals surface area contributed by atoms with Crippen molar-refractivity contribution in [2.24, 2.45) is 0 Å². The number of aryl methyl sites for hydroxylation is 1. The third-order valence-electron chi connectivity index (χ3n) is 6.01. The lowest BCUT2D eigenvalue weighted by atomic mass is 9.99. The van der Waals surface area contributed by atoms with Crippen LogP contribution in [-0.4, -0.2) is 48.0 Å². The Morgan fingerprint density at radius 2 is 1.70 bits per heavy atom. The van der Waals surface area contributed by atoms with Gasteiger partial charge in [0.1, 0.15) is 6.04 Å². The summed E-state index contributed by atoms with van der Waals surface area (Å²) in [5, 5.41) is 10.8. The predicted octanol–water partition coefficient (Wildman–Crippen LogP) is 2.41. The van der Waals surface area contributed by atoms with Crippen LogP contribution in [0.25, 0.3) is 0 Å². The number of non-ortho nitro benzene ring substituents is 1. The van der Waals surface area contributed by atoms with Crippen LogP contribution >= 0.6 is 0 Å². The molecule has 2 heterocycles. The summed E-state index contributed by atoms with van der Waals surface area (Å²) < 4.78 is 0. The van der Waals surface area contributed by atoms with E-state index in [-0.39, 0.29) is 23.7 Å². The first-order valence-corrected chi connectivity index (χ1v) is 10.4. The monoisotopic (exact) mass is 409 g/mol. The number of rotatable bonds is 5. The van der Waals surface area contributed by atoms with Crippen LogP contribution in [0.3, 0.4) is 0 Å². The van der Waals surface area contributed by atoms with Gasteiger partial charge in [-0.3, -0.25) is 14.9 Å². The Morgan fingerprint density at radius 1 is 1.03 bits per heavy atom. The van der Waals surface area contributed by atoms with E-state index in [1.807, 2.05) is 4.90 Å². The van der Waals surface area contributed by atoms with Gasteiger partial charge in [-0.25, -0.2) is 10.9 Å². The first-order valence-electron chi connectivity index (χ1n) is 10.4. The molecule has 8 nitrogen and oxygen atoms in total. The van der Waals surface area contributed by atoms with Crippen molar-refractivity contribution < 1.29 is 9.72 Å². The van der Waals surface area contributed by atoms with Crippen LogP contribution in [0.2, 0.25) is 0 Å². The molecule has 2 unspecified atom stereocenters. The lowest BCUT2D eigenvalue weighted by molar-refractivity contribution is -0.384. The minimum Gasteiger partial charge on any atom is -0.368 e. The summed E-state index contributed by atoms with van der Waals surface area (Å²) in [6.45, 7) is 4.85.